The first kappa shape index (κ1) is 20.0. The van der Waals surface area contributed by atoms with Crippen molar-refractivity contribution in [3.8, 4) is 0 Å². The lowest BCUT2D eigenvalue weighted by atomic mass is 9.85. The number of halogens is 1. The molecule has 0 spiro atoms. The zero-order valence-corrected chi connectivity index (χ0v) is 16.9. The average Bonchev–Trinajstić information content (AvgIpc) is 2.72. The molecule has 1 fully saturated rings. The van der Waals surface area contributed by atoms with E-state index in [1.54, 1.807) is 24.5 Å². The molecular formula is C21H29FN6. The summed E-state index contributed by atoms with van der Waals surface area (Å²) in [6.07, 6.45) is 3.55. The van der Waals surface area contributed by atoms with Crippen LogP contribution in [0.4, 0.5) is 10.3 Å². The first-order chi connectivity index (χ1) is 13.5. The van der Waals surface area contributed by atoms with Crippen LogP contribution in [0.25, 0.3) is 0 Å². The molecule has 0 unspecified atom stereocenters. The van der Waals surface area contributed by atoms with Gasteiger partial charge in [-0.3, -0.25) is 4.99 Å². The molecule has 0 saturated carbocycles. The van der Waals surface area contributed by atoms with Crippen LogP contribution in [-0.2, 0) is 5.41 Å². The summed E-state index contributed by atoms with van der Waals surface area (Å²) in [4.78, 5) is 18.0. The molecule has 0 atom stereocenters. The van der Waals surface area contributed by atoms with Crippen molar-refractivity contribution in [1.29, 1.82) is 0 Å². The van der Waals surface area contributed by atoms with E-state index in [0.717, 1.165) is 50.2 Å². The van der Waals surface area contributed by atoms with Crippen molar-refractivity contribution in [1.82, 2.24) is 20.2 Å². The number of hydrogen-bond donors (Lipinski definition) is 1. The maximum atomic E-state index is 13.6. The van der Waals surface area contributed by atoms with Gasteiger partial charge >= 0.3 is 0 Å². The Kier molecular flexibility index (Phi) is 6.44. The van der Waals surface area contributed by atoms with E-state index in [9.17, 15) is 4.39 Å². The van der Waals surface area contributed by atoms with Crippen molar-refractivity contribution in [2.45, 2.75) is 26.2 Å². The van der Waals surface area contributed by atoms with Crippen LogP contribution in [0.2, 0.25) is 0 Å². The highest BCUT2D eigenvalue weighted by atomic mass is 19.1. The first-order valence-electron chi connectivity index (χ1n) is 9.81. The van der Waals surface area contributed by atoms with Gasteiger partial charge in [-0.25, -0.2) is 14.4 Å². The van der Waals surface area contributed by atoms with E-state index in [4.69, 9.17) is 4.99 Å². The van der Waals surface area contributed by atoms with Gasteiger partial charge in [0.25, 0.3) is 0 Å². The molecule has 1 aliphatic heterocycles. The Bertz CT molecular complexity index is 784. The molecular weight excluding hydrogens is 355 g/mol. The van der Waals surface area contributed by atoms with E-state index >= 15 is 0 Å². The number of benzene rings is 1. The summed E-state index contributed by atoms with van der Waals surface area (Å²) >= 11 is 0. The van der Waals surface area contributed by atoms with Gasteiger partial charge < -0.3 is 15.1 Å². The Morgan fingerprint density at radius 1 is 1.14 bits per heavy atom. The molecule has 7 heteroatoms. The van der Waals surface area contributed by atoms with E-state index in [2.05, 4.69) is 45.9 Å². The van der Waals surface area contributed by atoms with E-state index in [-0.39, 0.29) is 11.2 Å². The van der Waals surface area contributed by atoms with Crippen LogP contribution in [0.15, 0.2) is 47.7 Å². The number of nitrogens with zero attached hydrogens (tertiary/aromatic N) is 5. The second kappa shape index (κ2) is 8.99. The van der Waals surface area contributed by atoms with Crippen LogP contribution in [0.3, 0.4) is 0 Å². The molecule has 0 amide bonds. The summed E-state index contributed by atoms with van der Waals surface area (Å²) in [6, 6.07) is 8.62. The van der Waals surface area contributed by atoms with E-state index < -0.39 is 0 Å². The van der Waals surface area contributed by atoms with Crippen molar-refractivity contribution in [2.24, 2.45) is 4.99 Å². The molecule has 1 aromatic carbocycles. The predicted molar refractivity (Wildman–Crippen MR) is 111 cm³/mol. The second-order valence-electron chi connectivity index (χ2n) is 7.59. The maximum absolute atomic E-state index is 13.6. The van der Waals surface area contributed by atoms with Crippen molar-refractivity contribution in [2.75, 3.05) is 44.2 Å². The molecule has 6 nitrogen and oxygen atoms in total. The van der Waals surface area contributed by atoms with Crippen LogP contribution in [0.1, 0.15) is 26.3 Å². The largest absolute Gasteiger partial charge is 0.357 e. The normalized spacial score (nSPS) is 15.6. The van der Waals surface area contributed by atoms with Gasteiger partial charge in [0.15, 0.2) is 5.96 Å². The number of rotatable bonds is 5. The summed E-state index contributed by atoms with van der Waals surface area (Å²) in [6.45, 7) is 11.1. The van der Waals surface area contributed by atoms with E-state index in [0.29, 0.717) is 6.54 Å². The molecule has 0 aliphatic carbocycles. The highest BCUT2D eigenvalue weighted by Crippen LogP contribution is 2.24. The lowest BCUT2D eigenvalue weighted by molar-refractivity contribution is 0.368. The minimum atomic E-state index is -0.248. The van der Waals surface area contributed by atoms with Crippen LogP contribution < -0.4 is 10.2 Å². The van der Waals surface area contributed by atoms with Crippen molar-refractivity contribution >= 4 is 11.9 Å². The van der Waals surface area contributed by atoms with Gasteiger partial charge in [-0.15, -0.1) is 0 Å². The third-order valence-electron chi connectivity index (χ3n) is 4.98. The molecule has 28 heavy (non-hydrogen) atoms. The average molecular weight is 385 g/mol. The van der Waals surface area contributed by atoms with Crippen molar-refractivity contribution in [3.63, 3.8) is 0 Å². The Morgan fingerprint density at radius 2 is 1.86 bits per heavy atom. The summed E-state index contributed by atoms with van der Waals surface area (Å²) in [7, 11) is 0. The number of nitrogens with one attached hydrogen (secondary N) is 1. The zero-order chi connectivity index (χ0) is 20.0. The fourth-order valence-electron chi connectivity index (χ4n) is 3.27. The predicted octanol–water partition coefficient (Wildman–Crippen LogP) is 2.68. The SMILES string of the molecule is CCNC(=NCC(C)(C)c1cccc(F)c1)N1CCN(c2ncccn2)CC1. The second-order valence-corrected chi connectivity index (χ2v) is 7.59. The fourth-order valence-corrected chi connectivity index (χ4v) is 3.27. The number of guanidine groups is 1. The molecule has 2 heterocycles. The molecule has 1 N–H and O–H groups in total. The third kappa shape index (κ3) is 4.97. The van der Waals surface area contributed by atoms with E-state index in [1.165, 1.54) is 6.07 Å². The van der Waals surface area contributed by atoms with Gasteiger partial charge in [0.1, 0.15) is 5.82 Å². The fraction of sp³-hybridized carbons (Fsp3) is 0.476. The topological polar surface area (TPSA) is 56.7 Å². The highest BCUT2D eigenvalue weighted by molar-refractivity contribution is 5.80. The Labute approximate surface area is 166 Å². The van der Waals surface area contributed by atoms with Crippen molar-refractivity contribution < 1.29 is 4.39 Å². The number of aliphatic imine (C=N–C) groups is 1. The molecule has 1 aliphatic rings. The lowest BCUT2D eigenvalue weighted by Crippen LogP contribution is -2.53. The zero-order valence-electron chi connectivity index (χ0n) is 16.9. The van der Waals surface area contributed by atoms with E-state index in [1.807, 2.05) is 12.1 Å². The maximum Gasteiger partial charge on any atom is 0.225 e. The van der Waals surface area contributed by atoms with Gasteiger partial charge in [-0.05, 0) is 30.7 Å². The summed E-state index contributed by atoms with van der Waals surface area (Å²) in [5.41, 5.74) is 0.709. The smallest absolute Gasteiger partial charge is 0.225 e. The monoisotopic (exact) mass is 384 g/mol. The Balaban J connectivity index is 1.66. The number of piperazine rings is 1. The number of hydrogen-bond acceptors (Lipinski definition) is 4. The molecule has 2 aromatic rings. The van der Waals surface area contributed by atoms with Gasteiger partial charge in [-0.2, -0.15) is 0 Å². The van der Waals surface area contributed by atoms with Gasteiger partial charge in [0.2, 0.25) is 5.95 Å². The van der Waals surface area contributed by atoms with Gasteiger partial charge in [0.05, 0.1) is 6.54 Å². The quantitative estimate of drug-likeness (QED) is 0.635. The highest BCUT2D eigenvalue weighted by Gasteiger charge is 2.24. The standard InChI is InChI=1S/C21H29FN6/c1-4-23-19(26-16-21(2,3)17-7-5-8-18(22)15-17)27-11-13-28(14-12-27)20-24-9-6-10-25-20/h5-10,15H,4,11-14,16H2,1-3H3,(H,23,26). The Hall–Kier alpha value is -2.70. The van der Waals surface area contributed by atoms with Gasteiger partial charge in [0, 0.05) is 50.5 Å². The molecule has 1 aromatic heterocycles. The lowest BCUT2D eigenvalue weighted by Gasteiger charge is -2.37. The summed E-state index contributed by atoms with van der Waals surface area (Å²) in [5, 5.41) is 3.39. The van der Waals surface area contributed by atoms with Crippen LogP contribution in [0, 0.1) is 5.82 Å². The minimum Gasteiger partial charge on any atom is -0.357 e. The van der Waals surface area contributed by atoms with Crippen molar-refractivity contribution in [3.05, 3.63) is 54.1 Å². The minimum absolute atomic E-state index is 0.208. The summed E-state index contributed by atoms with van der Waals surface area (Å²) in [5.74, 6) is 1.47. The van der Waals surface area contributed by atoms with Crippen LogP contribution in [0.5, 0.6) is 0 Å². The van der Waals surface area contributed by atoms with Crippen LogP contribution in [-0.4, -0.2) is 60.1 Å². The molecule has 0 radical (unpaired) electrons. The molecule has 150 valence electrons. The molecule has 0 bridgehead atoms. The van der Waals surface area contributed by atoms with Gasteiger partial charge in [-0.1, -0.05) is 26.0 Å². The molecule has 3 rings (SSSR count). The summed E-state index contributed by atoms with van der Waals surface area (Å²) < 4.78 is 13.6. The number of aromatic nitrogens is 2. The van der Waals surface area contributed by atoms with Crippen LogP contribution >= 0.6 is 0 Å². The Morgan fingerprint density at radius 3 is 2.50 bits per heavy atom. The molecule has 1 saturated heterocycles. The number of anilines is 1. The third-order valence-corrected chi connectivity index (χ3v) is 4.98. The first-order valence-corrected chi connectivity index (χ1v) is 9.81.